The molecule has 2 bridgehead atoms. The highest BCUT2D eigenvalue weighted by Crippen LogP contribution is 2.29. The van der Waals surface area contributed by atoms with Crippen molar-refractivity contribution in [3.05, 3.63) is 35.0 Å². The molecule has 0 atom stereocenters. The maximum Gasteiger partial charge on any atom is 0.275 e. The Morgan fingerprint density at radius 3 is 2.85 bits per heavy atom. The van der Waals surface area contributed by atoms with Crippen molar-refractivity contribution in [3.63, 3.8) is 0 Å². The minimum Gasteiger partial charge on any atom is -0.333 e. The number of thiazole rings is 1. The molecule has 3 saturated heterocycles. The van der Waals surface area contributed by atoms with Crippen LogP contribution in [0.1, 0.15) is 29.0 Å². The van der Waals surface area contributed by atoms with Gasteiger partial charge >= 0.3 is 0 Å². The Balaban J connectivity index is 1.53. The van der Waals surface area contributed by atoms with E-state index in [1.807, 2.05) is 35.4 Å². The first-order valence-electron chi connectivity index (χ1n) is 9.13. The van der Waals surface area contributed by atoms with E-state index in [1.165, 1.54) is 0 Å². The smallest absolute Gasteiger partial charge is 0.275 e. The zero-order valence-electron chi connectivity index (χ0n) is 14.7. The van der Waals surface area contributed by atoms with Crippen LogP contribution in [0, 0.1) is 6.92 Å². The van der Waals surface area contributed by atoms with E-state index in [9.17, 15) is 4.79 Å². The van der Waals surface area contributed by atoms with Crippen molar-refractivity contribution in [1.29, 1.82) is 0 Å². The van der Waals surface area contributed by atoms with Crippen LogP contribution in [0.25, 0.3) is 21.5 Å². The lowest BCUT2D eigenvalue weighted by Crippen LogP contribution is -2.41. The number of nitrogens with zero attached hydrogens (tertiary/aromatic N) is 4. The van der Waals surface area contributed by atoms with Crippen molar-refractivity contribution < 1.29 is 4.79 Å². The number of hydrogen-bond donors (Lipinski definition) is 1. The number of H-pyrrole nitrogens is 1. The number of aromatic nitrogens is 3. The largest absolute Gasteiger partial charge is 0.333 e. The zero-order chi connectivity index (χ0) is 17.7. The molecule has 26 heavy (non-hydrogen) atoms. The molecular formula is C19H21N5OS. The fraction of sp³-hybridized carbons (Fsp3) is 0.421. The minimum absolute atomic E-state index is 0.0532. The lowest BCUT2D eigenvalue weighted by Gasteiger charge is -2.31. The molecule has 6 rings (SSSR count). The lowest BCUT2D eigenvalue weighted by molar-refractivity contribution is 0.0681. The van der Waals surface area contributed by atoms with E-state index in [0.717, 1.165) is 66.2 Å². The third kappa shape index (κ3) is 2.62. The SMILES string of the molecule is Cc1csc(-c2ccc3[nH]nc(C(=O)N4CCN5CCC4CC5)c3c2)n1. The number of piperidine rings is 1. The van der Waals surface area contributed by atoms with Gasteiger partial charge in [0.15, 0.2) is 5.69 Å². The summed E-state index contributed by atoms with van der Waals surface area (Å²) in [7, 11) is 0. The van der Waals surface area contributed by atoms with Gasteiger partial charge in [0.05, 0.1) is 5.52 Å². The Kier molecular flexibility index (Phi) is 3.79. The summed E-state index contributed by atoms with van der Waals surface area (Å²) in [4.78, 5) is 22.3. The standard InChI is InChI=1S/C19H21N5OS/c1-12-11-26-18(20-12)13-2-3-16-15(10-13)17(22-21-16)19(25)24-9-8-23-6-4-14(24)5-7-23/h2-3,10-11,14H,4-9H2,1H3,(H,21,22). The number of aryl methyl sites for hydroxylation is 1. The number of hydrogen-bond acceptors (Lipinski definition) is 5. The van der Waals surface area contributed by atoms with Gasteiger partial charge in [0.25, 0.3) is 5.91 Å². The van der Waals surface area contributed by atoms with Crippen LogP contribution in [0.2, 0.25) is 0 Å². The molecule has 0 aliphatic carbocycles. The number of carbonyl (C=O) groups excluding carboxylic acids is 1. The van der Waals surface area contributed by atoms with Crippen molar-refractivity contribution in [2.75, 3.05) is 26.2 Å². The molecule has 0 spiro atoms. The maximum atomic E-state index is 13.3. The quantitative estimate of drug-likeness (QED) is 0.756. The predicted molar refractivity (Wildman–Crippen MR) is 102 cm³/mol. The third-order valence-electron chi connectivity index (χ3n) is 5.55. The van der Waals surface area contributed by atoms with Crippen LogP contribution in [-0.4, -0.2) is 63.1 Å². The Bertz CT molecular complexity index is 969. The predicted octanol–water partition coefficient (Wildman–Crippen LogP) is 2.92. The Morgan fingerprint density at radius 1 is 1.23 bits per heavy atom. The van der Waals surface area contributed by atoms with E-state index in [1.54, 1.807) is 11.3 Å². The van der Waals surface area contributed by atoms with Gasteiger partial charge in [-0.2, -0.15) is 5.10 Å². The number of nitrogens with one attached hydrogen (secondary N) is 1. The summed E-state index contributed by atoms with van der Waals surface area (Å²) in [5.41, 5.74) is 3.49. The normalized spacial score (nSPS) is 22.7. The zero-order valence-corrected chi connectivity index (χ0v) is 15.6. The Hall–Kier alpha value is -2.25. The highest BCUT2D eigenvalue weighted by molar-refractivity contribution is 7.13. The molecule has 0 unspecified atom stereocenters. The Morgan fingerprint density at radius 2 is 2.08 bits per heavy atom. The van der Waals surface area contributed by atoms with Crippen LogP contribution in [0.4, 0.5) is 0 Å². The van der Waals surface area contributed by atoms with Crippen LogP contribution in [0.3, 0.4) is 0 Å². The van der Waals surface area contributed by atoms with Crippen LogP contribution >= 0.6 is 11.3 Å². The molecule has 7 heteroatoms. The van der Waals surface area contributed by atoms with Crippen LogP contribution < -0.4 is 0 Å². The van der Waals surface area contributed by atoms with E-state index < -0.39 is 0 Å². The molecule has 0 radical (unpaired) electrons. The van der Waals surface area contributed by atoms with Crippen molar-refractivity contribution >= 4 is 28.1 Å². The van der Waals surface area contributed by atoms with Gasteiger partial charge in [0, 0.05) is 54.2 Å². The molecule has 1 amide bonds. The number of rotatable bonds is 2. The van der Waals surface area contributed by atoms with Gasteiger partial charge in [-0.1, -0.05) is 0 Å². The number of carbonyl (C=O) groups is 1. The second-order valence-electron chi connectivity index (χ2n) is 7.20. The summed E-state index contributed by atoms with van der Waals surface area (Å²) in [6, 6.07) is 6.42. The fourth-order valence-corrected chi connectivity index (χ4v) is 4.88. The van der Waals surface area contributed by atoms with Gasteiger partial charge < -0.3 is 9.80 Å². The first kappa shape index (κ1) is 16.0. The third-order valence-corrected chi connectivity index (χ3v) is 6.56. The Labute approximate surface area is 155 Å². The van der Waals surface area contributed by atoms with Crippen LogP contribution in [0.15, 0.2) is 23.6 Å². The second-order valence-corrected chi connectivity index (χ2v) is 8.06. The van der Waals surface area contributed by atoms with E-state index in [0.29, 0.717) is 11.7 Å². The van der Waals surface area contributed by atoms with Crippen LogP contribution in [-0.2, 0) is 0 Å². The van der Waals surface area contributed by atoms with Gasteiger partial charge in [-0.25, -0.2) is 4.98 Å². The van der Waals surface area contributed by atoms with E-state index in [2.05, 4.69) is 20.1 Å². The highest BCUT2D eigenvalue weighted by atomic mass is 32.1. The molecule has 6 nitrogen and oxygen atoms in total. The second kappa shape index (κ2) is 6.17. The maximum absolute atomic E-state index is 13.3. The topological polar surface area (TPSA) is 65.1 Å². The van der Waals surface area contributed by atoms with E-state index >= 15 is 0 Å². The van der Waals surface area contributed by atoms with Crippen molar-refractivity contribution in [2.45, 2.75) is 25.8 Å². The molecule has 1 N–H and O–H groups in total. The van der Waals surface area contributed by atoms with E-state index in [-0.39, 0.29) is 5.91 Å². The van der Waals surface area contributed by atoms with Crippen molar-refractivity contribution in [1.82, 2.24) is 25.0 Å². The van der Waals surface area contributed by atoms with Gasteiger partial charge in [-0.05, 0) is 38.0 Å². The molecule has 3 fully saturated rings. The summed E-state index contributed by atoms with van der Waals surface area (Å²) < 4.78 is 0. The van der Waals surface area contributed by atoms with Crippen molar-refractivity contribution in [2.24, 2.45) is 0 Å². The average Bonchev–Trinajstić information content (AvgIpc) is 3.16. The van der Waals surface area contributed by atoms with Gasteiger partial charge in [0.2, 0.25) is 0 Å². The first-order chi connectivity index (χ1) is 12.7. The fourth-order valence-electron chi connectivity index (χ4n) is 4.09. The number of amides is 1. The molecule has 2 aromatic heterocycles. The average molecular weight is 367 g/mol. The number of fused-ring (bicyclic) bond motifs is 5. The molecule has 134 valence electrons. The van der Waals surface area contributed by atoms with Gasteiger partial charge in [0.1, 0.15) is 5.01 Å². The minimum atomic E-state index is 0.0532. The summed E-state index contributed by atoms with van der Waals surface area (Å²) in [5, 5.41) is 11.3. The summed E-state index contributed by atoms with van der Waals surface area (Å²) in [6.07, 6.45) is 2.13. The molecule has 5 heterocycles. The lowest BCUT2D eigenvalue weighted by atomic mass is 10.0. The van der Waals surface area contributed by atoms with Gasteiger partial charge in [-0.15, -0.1) is 11.3 Å². The molecule has 3 aliphatic rings. The molecule has 0 saturated carbocycles. The monoisotopic (exact) mass is 367 g/mol. The summed E-state index contributed by atoms with van der Waals surface area (Å²) in [6.45, 7) is 5.96. The first-order valence-corrected chi connectivity index (χ1v) is 10.0. The van der Waals surface area contributed by atoms with Crippen LogP contribution in [0.5, 0.6) is 0 Å². The highest BCUT2D eigenvalue weighted by Gasteiger charge is 2.33. The molecule has 3 aromatic rings. The molecule has 3 aliphatic heterocycles. The summed E-state index contributed by atoms with van der Waals surface area (Å²) in [5.74, 6) is 0.0532. The van der Waals surface area contributed by atoms with Crippen molar-refractivity contribution in [3.8, 4) is 10.6 Å². The summed E-state index contributed by atoms with van der Waals surface area (Å²) >= 11 is 1.63. The van der Waals surface area contributed by atoms with E-state index in [4.69, 9.17) is 0 Å². The van der Waals surface area contributed by atoms with Gasteiger partial charge in [-0.3, -0.25) is 9.89 Å². The molecular weight excluding hydrogens is 346 g/mol. The number of benzene rings is 1. The molecule has 1 aromatic carbocycles. The number of aromatic amines is 1.